The fourth-order valence-corrected chi connectivity index (χ4v) is 2.57. The summed E-state index contributed by atoms with van der Waals surface area (Å²) in [5.74, 6) is 0. The number of imidazole rings is 1. The summed E-state index contributed by atoms with van der Waals surface area (Å²) in [4.78, 5) is 7.11. The van der Waals surface area contributed by atoms with Crippen LogP contribution >= 0.6 is 15.9 Å². The van der Waals surface area contributed by atoms with Crippen LogP contribution in [0.5, 0.6) is 0 Å². The number of nitrogens with zero attached hydrogens (tertiary/aromatic N) is 3. The number of pyridine rings is 1. The average Bonchev–Trinajstić information content (AvgIpc) is 2.78. The molecule has 0 unspecified atom stereocenters. The van der Waals surface area contributed by atoms with Crippen LogP contribution in [0, 0.1) is 0 Å². The molecule has 0 spiro atoms. The number of unbranched alkanes of at least 4 members (excludes halogenated alkanes) is 1. The Morgan fingerprint density at radius 1 is 1.33 bits per heavy atom. The molecule has 0 aromatic carbocycles. The molecule has 3 nitrogen and oxygen atoms in total. The standard InChI is InChI=1S/C14H20BrN3/c1-2-3-8-17(10-7-15)11-13-12-18-9-5-4-6-14(18)16-13/h4-6,9,12H,2-3,7-8,10-11H2,1H3. The minimum atomic E-state index is 0.938. The molecule has 0 aliphatic rings. The third kappa shape index (κ3) is 3.56. The zero-order valence-electron chi connectivity index (χ0n) is 10.8. The lowest BCUT2D eigenvalue weighted by atomic mass is 10.3. The number of aromatic nitrogens is 2. The van der Waals surface area contributed by atoms with Crippen LogP contribution in [-0.4, -0.2) is 32.7 Å². The Bertz CT molecular complexity index is 448. The molecular weight excluding hydrogens is 290 g/mol. The fraction of sp³-hybridized carbons (Fsp3) is 0.500. The highest BCUT2D eigenvalue weighted by Gasteiger charge is 2.07. The molecule has 0 fully saturated rings. The first-order valence-corrected chi connectivity index (χ1v) is 7.66. The highest BCUT2D eigenvalue weighted by molar-refractivity contribution is 9.09. The second-order valence-corrected chi connectivity index (χ2v) is 5.31. The van der Waals surface area contributed by atoms with Crippen molar-refractivity contribution >= 4 is 21.6 Å². The third-order valence-corrected chi connectivity index (χ3v) is 3.38. The van der Waals surface area contributed by atoms with E-state index >= 15 is 0 Å². The minimum Gasteiger partial charge on any atom is -0.307 e. The van der Waals surface area contributed by atoms with Crippen molar-refractivity contribution in [3.8, 4) is 0 Å². The van der Waals surface area contributed by atoms with E-state index in [4.69, 9.17) is 0 Å². The summed E-state index contributed by atoms with van der Waals surface area (Å²) in [5, 5.41) is 1.02. The summed E-state index contributed by atoms with van der Waals surface area (Å²) in [5.41, 5.74) is 2.18. The van der Waals surface area contributed by atoms with E-state index in [9.17, 15) is 0 Å². The predicted octanol–water partition coefficient (Wildman–Crippen LogP) is 3.33. The highest BCUT2D eigenvalue weighted by atomic mass is 79.9. The van der Waals surface area contributed by atoms with Gasteiger partial charge in [-0.2, -0.15) is 0 Å². The van der Waals surface area contributed by atoms with Gasteiger partial charge in [0.25, 0.3) is 0 Å². The van der Waals surface area contributed by atoms with E-state index in [0.717, 1.165) is 36.3 Å². The van der Waals surface area contributed by atoms with Crippen molar-refractivity contribution in [2.45, 2.75) is 26.3 Å². The first-order chi connectivity index (χ1) is 8.83. The van der Waals surface area contributed by atoms with Gasteiger partial charge in [-0.15, -0.1) is 0 Å². The van der Waals surface area contributed by atoms with Crippen molar-refractivity contribution in [3.05, 3.63) is 36.3 Å². The van der Waals surface area contributed by atoms with Crippen LogP contribution < -0.4 is 0 Å². The normalized spacial score (nSPS) is 11.5. The van der Waals surface area contributed by atoms with Crippen LogP contribution in [0.25, 0.3) is 5.65 Å². The molecule has 0 aliphatic carbocycles. The molecule has 0 saturated carbocycles. The predicted molar refractivity (Wildman–Crippen MR) is 79.2 cm³/mol. The topological polar surface area (TPSA) is 20.5 Å². The lowest BCUT2D eigenvalue weighted by Gasteiger charge is -2.19. The number of halogens is 1. The molecule has 2 aromatic rings. The van der Waals surface area contributed by atoms with Crippen LogP contribution in [0.2, 0.25) is 0 Å². The maximum atomic E-state index is 4.65. The van der Waals surface area contributed by atoms with Gasteiger partial charge in [-0.25, -0.2) is 4.98 Å². The molecule has 98 valence electrons. The van der Waals surface area contributed by atoms with Gasteiger partial charge in [-0.05, 0) is 25.1 Å². The Kier molecular flexibility index (Phi) is 5.20. The molecule has 0 bridgehead atoms. The molecule has 2 aromatic heterocycles. The van der Waals surface area contributed by atoms with Gasteiger partial charge in [0.05, 0.1) is 5.69 Å². The van der Waals surface area contributed by atoms with Gasteiger partial charge in [0.15, 0.2) is 0 Å². The Morgan fingerprint density at radius 3 is 2.94 bits per heavy atom. The van der Waals surface area contributed by atoms with Crippen LogP contribution in [0.1, 0.15) is 25.5 Å². The van der Waals surface area contributed by atoms with Crippen molar-refractivity contribution in [2.24, 2.45) is 0 Å². The summed E-state index contributed by atoms with van der Waals surface area (Å²) in [6, 6.07) is 6.11. The Hall–Kier alpha value is -0.870. The molecule has 0 atom stereocenters. The van der Waals surface area contributed by atoms with E-state index in [1.807, 2.05) is 24.4 Å². The van der Waals surface area contributed by atoms with Gasteiger partial charge in [0.2, 0.25) is 0 Å². The molecule has 0 N–H and O–H groups in total. The maximum Gasteiger partial charge on any atom is 0.137 e. The van der Waals surface area contributed by atoms with Crippen molar-refractivity contribution in [1.82, 2.24) is 14.3 Å². The minimum absolute atomic E-state index is 0.938. The fourth-order valence-electron chi connectivity index (χ4n) is 2.06. The van der Waals surface area contributed by atoms with Gasteiger partial charge in [0, 0.05) is 30.8 Å². The Balaban J connectivity index is 2.05. The number of alkyl halides is 1. The van der Waals surface area contributed by atoms with Crippen LogP contribution in [0.3, 0.4) is 0 Å². The van der Waals surface area contributed by atoms with E-state index in [2.05, 4.69) is 43.3 Å². The zero-order valence-corrected chi connectivity index (χ0v) is 12.4. The molecule has 0 radical (unpaired) electrons. The van der Waals surface area contributed by atoms with Gasteiger partial charge in [-0.1, -0.05) is 35.3 Å². The largest absolute Gasteiger partial charge is 0.307 e. The van der Waals surface area contributed by atoms with Crippen LogP contribution in [0.15, 0.2) is 30.6 Å². The molecule has 2 heterocycles. The first kappa shape index (κ1) is 13.6. The Labute approximate surface area is 117 Å². The van der Waals surface area contributed by atoms with E-state index in [1.165, 1.54) is 12.8 Å². The van der Waals surface area contributed by atoms with Gasteiger partial charge in [-0.3, -0.25) is 4.90 Å². The molecule has 4 heteroatoms. The number of hydrogen-bond acceptors (Lipinski definition) is 2. The first-order valence-electron chi connectivity index (χ1n) is 6.54. The second kappa shape index (κ2) is 6.90. The van der Waals surface area contributed by atoms with E-state index in [1.54, 1.807) is 0 Å². The van der Waals surface area contributed by atoms with E-state index < -0.39 is 0 Å². The molecule has 0 aliphatic heterocycles. The van der Waals surface area contributed by atoms with E-state index in [-0.39, 0.29) is 0 Å². The number of hydrogen-bond donors (Lipinski definition) is 0. The Morgan fingerprint density at radius 2 is 2.22 bits per heavy atom. The zero-order chi connectivity index (χ0) is 12.8. The van der Waals surface area contributed by atoms with Crippen molar-refractivity contribution in [3.63, 3.8) is 0 Å². The maximum absolute atomic E-state index is 4.65. The lowest BCUT2D eigenvalue weighted by molar-refractivity contribution is 0.275. The van der Waals surface area contributed by atoms with Crippen molar-refractivity contribution in [2.75, 3.05) is 18.4 Å². The van der Waals surface area contributed by atoms with Crippen LogP contribution in [0.4, 0.5) is 0 Å². The summed E-state index contributed by atoms with van der Waals surface area (Å²) in [6.45, 7) is 5.40. The lowest BCUT2D eigenvalue weighted by Crippen LogP contribution is -2.26. The van der Waals surface area contributed by atoms with E-state index in [0.29, 0.717) is 0 Å². The summed E-state index contributed by atoms with van der Waals surface area (Å²) in [7, 11) is 0. The number of rotatable bonds is 7. The molecular formula is C14H20BrN3. The molecule has 0 amide bonds. The quantitative estimate of drug-likeness (QED) is 0.731. The molecule has 0 saturated heterocycles. The average molecular weight is 310 g/mol. The number of fused-ring (bicyclic) bond motifs is 1. The van der Waals surface area contributed by atoms with Crippen molar-refractivity contribution < 1.29 is 0 Å². The smallest absolute Gasteiger partial charge is 0.137 e. The van der Waals surface area contributed by atoms with Crippen LogP contribution in [-0.2, 0) is 6.54 Å². The summed E-state index contributed by atoms with van der Waals surface area (Å²) >= 11 is 3.52. The summed E-state index contributed by atoms with van der Waals surface area (Å²) < 4.78 is 2.08. The van der Waals surface area contributed by atoms with Gasteiger partial charge < -0.3 is 4.40 Å². The highest BCUT2D eigenvalue weighted by Crippen LogP contribution is 2.08. The third-order valence-electron chi connectivity index (χ3n) is 3.03. The molecule has 18 heavy (non-hydrogen) atoms. The molecule has 2 rings (SSSR count). The van der Waals surface area contributed by atoms with Gasteiger partial charge >= 0.3 is 0 Å². The SMILES string of the molecule is CCCCN(CCBr)Cc1cn2ccccc2n1. The monoisotopic (exact) mass is 309 g/mol. The summed E-state index contributed by atoms with van der Waals surface area (Å²) in [6.07, 6.45) is 6.67. The van der Waals surface area contributed by atoms with Gasteiger partial charge in [0.1, 0.15) is 5.65 Å². The van der Waals surface area contributed by atoms with Crippen molar-refractivity contribution in [1.29, 1.82) is 0 Å². The second-order valence-electron chi connectivity index (χ2n) is 4.52.